The van der Waals surface area contributed by atoms with Gasteiger partial charge >= 0.3 is 0 Å². The Kier molecular flexibility index (Phi) is 6.01. The number of fused-ring (bicyclic) bond motifs is 1. The van der Waals surface area contributed by atoms with Gasteiger partial charge in [-0.1, -0.05) is 26.0 Å². The smallest absolute Gasteiger partial charge is 0.243 e. The molecule has 0 fully saturated rings. The Morgan fingerprint density at radius 2 is 1.70 bits per heavy atom. The summed E-state index contributed by atoms with van der Waals surface area (Å²) in [7, 11) is -3.73. The van der Waals surface area contributed by atoms with Crippen molar-refractivity contribution in [3.05, 3.63) is 53.8 Å². The second-order valence-electron chi connectivity index (χ2n) is 6.95. The average Bonchev–Trinajstić information content (AvgIpc) is 2.66. The first-order chi connectivity index (χ1) is 12.9. The summed E-state index contributed by atoms with van der Waals surface area (Å²) in [5.41, 5.74) is 0.737. The molecule has 0 bridgehead atoms. The van der Waals surface area contributed by atoms with Crippen LogP contribution in [0.5, 0.6) is 11.5 Å². The van der Waals surface area contributed by atoms with Crippen LogP contribution >= 0.6 is 0 Å². The van der Waals surface area contributed by atoms with E-state index in [1.807, 2.05) is 13.8 Å². The van der Waals surface area contributed by atoms with Gasteiger partial charge in [0.05, 0.1) is 4.90 Å². The summed E-state index contributed by atoms with van der Waals surface area (Å²) in [5.74, 6) is 0.999. The number of benzene rings is 2. The molecule has 0 N–H and O–H groups in total. The van der Waals surface area contributed by atoms with Crippen molar-refractivity contribution in [3.63, 3.8) is 0 Å². The van der Waals surface area contributed by atoms with Gasteiger partial charge in [0.1, 0.15) is 19.0 Å². The lowest BCUT2D eigenvalue weighted by Crippen LogP contribution is -2.32. The molecule has 0 aromatic heterocycles. The quantitative estimate of drug-likeness (QED) is 0.717. The van der Waals surface area contributed by atoms with Crippen molar-refractivity contribution >= 4 is 10.0 Å². The van der Waals surface area contributed by atoms with E-state index in [1.54, 1.807) is 18.2 Å². The molecule has 0 aliphatic carbocycles. The number of rotatable bonds is 7. The zero-order valence-electron chi connectivity index (χ0n) is 15.5. The molecule has 0 saturated carbocycles. The van der Waals surface area contributed by atoms with Gasteiger partial charge < -0.3 is 9.47 Å². The largest absolute Gasteiger partial charge is 0.486 e. The SMILES string of the molecule is CC(C)CCN(Cc1ccc(F)cc1)S(=O)(=O)c1ccc2c(c1)OCCO2. The van der Waals surface area contributed by atoms with Gasteiger partial charge in [0.2, 0.25) is 10.0 Å². The first kappa shape index (κ1) is 19.6. The molecule has 1 aliphatic heterocycles. The van der Waals surface area contributed by atoms with Crippen molar-refractivity contribution in [3.8, 4) is 11.5 Å². The fourth-order valence-corrected chi connectivity index (χ4v) is 4.27. The summed E-state index contributed by atoms with van der Waals surface area (Å²) >= 11 is 0. The molecule has 0 unspecified atom stereocenters. The number of sulfonamides is 1. The molecule has 1 aliphatic rings. The maximum absolute atomic E-state index is 13.3. The summed E-state index contributed by atoms with van der Waals surface area (Å²) in [6.45, 7) is 5.50. The highest BCUT2D eigenvalue weighted by molar-refractivity contribution is 7.89. The molecule has 2 aromatic carbocycles. The van der Waals surface area contributed by atoms with Crippen LogP contribution in [0.15, 0.2) is 47.4 Å². The molecule has 0 radical (unpaired) electrons. The number of hydrogen-bond acceptors (Lipinski definition) is 4. The Labute approximate surface area is 159 Å². The maximum atomic E-state index is 13.3. The zero-order chi connectivity index (χ0) is 19.4. The van der Waals surface area contributed by atoms with Crippen molar-refractivity contribution in [2.45, 2.75) is 31.7 Å². The van der Waals surface area contributed by atoms with Crippen molar-refractivity contribution in [2.75, 3.05) is 19.8 Å². The van der Waals surface area contributed by atoms with E-state index < -0.39 is 10.0 Å². The summed E-state index contributed by atoms with van der Waals surface area (Å²) < 4.78 is 52.1. The molecule has 0 amide bonds. The van der Waals surface area contributed by atoms with E-state index in [9.17, 15) is 12.8 Å². The van der Waals surface area contributed by atoms with Crippen LogP contribution in [-0.2, 0) is 16.6 Å². The van der Waals surface area contributed by atoms with Crippen LogP contribution in [0.3, 0.4) is 0 Å². The maximum Gasteiger partial charge on any atom is 0.243 e. The molecular formula is C20H24FNO4S. The van der Waals surface area contributed by atoms with Crippen LogP contribution in [0.1, 0.15) is 25.8 Å². The first-order valence-electron chi connectivity index (χ1n) is 9.00. The van der Waals surface area contributed by atoms with E-state index in [0.29, 0.717) is 37.2 Å². The van der Waals surface area contributed by atoms with Crippen LogP contribution in [0.2, 0.25) is 0 Å². The van der Waals surface area contributed by atoms with Crippen molar-refractivity contribution in [1.82, 2.24) is 4.31 Å². The first-order valence-corrected chi connectivity index (χ1v) is 10.4. The lowest BCUT2D eigenvalue weighted by Gasteiger charge is -2.24. The standard InChI is InChI=1S/C20H24FNO4S/c1-15(2)9-10-22(14-16-3-5-17(21)6-4-16)27(23,24)18-7-8-19-20(13-18)26-12-11-25-19/h3-8,13,15H,9-12,14H2,1-2H3. The molecule has 7 heteroatoms. The molecule has 2 aromatic rings. The average molecular weight is 393 g/mol. The number of nitrogens with zero attached hydrogens (tertiary/aromatic N) is 1. The fraction of sp³-hybridized carbons (Fsp3) is 0.400. The van der Waals surface area contributed by atoms with Crippen LogP contribution in [0.25, 0.3) is 0 Å². The van der Waals surface area contributed by atoms with Gasteiger partial charge in [-0.2, -0.15) is 4.31 Å². The normalized spacial score (nSPS) is 14.0. The molecular weight excluding hydrogens is 369 g/mol. The number of ether oxygens (including phenoxy) is 2. The number of hydrogen-bond donors (Lipinski definition) is 0. The predicted molar refractivity (Wildman–Crippen MR) is 101 cm³/mol. The van der Waals surface area contributed by atoms with Crippen molar-refractivity contribution in [1.29, 1.82) is 0 Å². The van der Waals surface area contributed by atoms with Crippen LogP contribution < -0.4 is 9.47 Å². The molecule has 3 rings (SSSR count). The number of halogens is 1. The van der Waals surface area contributed by atoms with Gasteiger partial charge in [0.25, 0.3) is 0 Å². The minimum Gasteiger partial charge on any atom is -0.486 e. The van der Waals surface area contributed by atoms with Gasteiger partial charge in [-0.3, -0.25) is 0 Å². The van der Waals surface area contributed by atoms with Crippen molar-refractivity contribution in [2.24, 2.45) is 5.92 Å². The molecule has 27 heavy (non-hydrogen) atoms. The van der Waals surface area contributed by atoms with Gasteiger partial charge in [-0.25, -0.2) is 12.8 Å². The highest BCUT2D eigenvalue weighted by Crippen LogP contribution is 2.33. The molecule has 5 nitrogen and oxygen atoms in total. The third-order valence-electron chi connectivity index (χ3n) is 4.38. The summed E-state index contributed by atoms with van der Waals surface area (Å²) in [6.07, 6.45) is 0.727. The van der Waals surface area contributed by atoms with Gasteiger partial charge in [-0.05, 0) is 42.2 Å². The van der Waals surface area contributed by atoms with Gasteiger partial charge in [0.15, 0.2) is 11.5 Å². The molecule has 0 spiro atoms. The zero-order valence-corrected chi connectivity index (χ0v) is 16.3. The van der Waals surface area contributed by atoms with Crippen LogP contribution in [0, 0.1) is 11.7 Å². The molecule has 0 atom stereocenters. The summed E-state index contributed by atoms with van der Waals surface area (Å²) in [4.78, 5) is 0.164. The lowest BCUT2D eigenvalue weighted by molar-refractivity contribution is 0.171. The summed E-state index contributed by atoms with van der Waals surface area (Å²) in [5, 5.41) is 0. The second-order valence-corrected chi connectivity index (χ2v) is 8.89. The third kappa shape index (κ3) is 4.78. The lowest BCUT2D eigenvalue weighted by atomic mass is 10.1. The molecule has 0 saturated heterocycles. The monoisotopic (exact) mass is 393 g/mol. The molecule has 146 valence electrons. The summed E-state index contributed by atoms with van der Waals surface area (Å²) in [6, 6.07) is 10.6. The Balaban J connectivity index is 1.90. The topological polar surface area (TPSA) is 55.8 Å². The molecule has 1 heterocycles. The Morgan fingerprint density at radius 1 is 1.04 bits per heavy atom. The fourth-order valence-electron chi connectivity index (χ4n) is 2.81. The highest BCUT2D eigenvalue weighted by atomic mass is 32.2. The Morgan fingerprint density at radius 3 is 2.37 bits per heavy atom. The van der Waals surface area contributed by atoms with Gasteiger partial charge in [0, 0.05) is 19.2 Å². The van der Waals surface area contributed by atoms with E-state index in [2.05, 4.69) is 0 Å². The van der Waals surface area contributed by atoms with E-state index in [-0.39, 0.29) is 17.3 Å². The van der Waals surface area contributed by atoms with Gasteiger partial charge in [-0.15, -0.1) is 0 Å². The minimum absolute atomic E-state index is 0.164. The Hall–Kier alpha value is -2.12. The second kappa shape index (κ2) is 8.27. The highest BCUT2D eigenvalue weighted by Gasteiger charge is 2.26. The van der Waals surface area contributed by atoms with Crippen molar-refractivity contribution < 1.29 is 22.3 Å². The minimum atomic E-state index is -3.73. The van der Waals surface area contributed by atoms with E-state index in [4.69, 9.17) is 9.47 Å². The Bertz CT molecular complexity index is 881. The van der Waals surface area contributed by atoms with Crippen LogP contribution in [0.4, 0.5) is 4.39 Å². The van der Waals surface area contributed by atoms with Crippen LogP contribution in [-0.4, -0.2) is 32.5 Å². The predicted octanol–water partition coefficient (Wildman–Crippen LogP) is 3.83. The van der Waals surface area contributed by atoms with E-state index in [1.165, 1.54) is 28.6 Å². The van der Waals surface area contributed by atoms with E-state index >= 15 is 0 Å². The van der Waals surface area contributed by atoms with E-state index in [0.717, 1.165) is 12.0 Å². The third-order valence-corrected chi connectivity index (χ3v) is 6.22.